The topological polar surface area (TPSA) is 63.2 Å². The third-order valence-corrected chi connectivity index (χ3v) is 5.67. The number of nitrogens with one attached hydrogen (secondary N) is 1. The highest BCUT2D eigenvalue weighted by atomic mass is 32.2. The van der Waals surface area contributed by atoms with Crippen LogP contribution in [0.3, 0.4) is 0 Å². The van der Waals surface area contributed by atoms with Gasteiger partial charge in [0.05, 0.1) is 16.6 Å². The maximum Gasteiger partial charge on any atom is 0.254 e. The van der Waals surface area contributed by atoms with Gasteiger partial charge >= 0.3 is 0 Å². The lowest BCUT2D eigenvalue weighted by Crippen LogP contribution is -2.35. The Morgan fingerprint density at radius 2 is 2.21 bits per heavy atom. The molecule has 104 valence electrons. The number of aryl methyl sites for hydroxylation is 1. The van der Waals surface area contributed by atoms with Crippen LogP contribution in [0.5, 0.6) is 0 Å². The molecule has 1 saturated heterocycles. The zero-order valence-electron chi connectivity index (χ0n) is 10.6. The molecule has 1 fully saturated rings. The van der Waals surface area contributed by atoms with Crippen molar-refractivity contribution in [2.24, 2.45) is 0 Å². The molecule has 4 nitrogen and oxygen atoms in total. The van der Waals surface area contributed by atoms with E-state index in [9.17, 15) is 17.6 Å². The molecule has 0 radical (unpaired) electrons. The van der Waals surface area contributed by atoms with Crippen LogP contribution in [0.2, 0.25) is 0 Å². The summed E-state index contributed by atoms with van der Waals surface area (Å²) in [6.07, 6.45) is 1.18. The number of carbonyl (C=O) groups is 1. The van der Waals surface area contributed by atoms with E-state index in [2.05, 4.69) is 5.32 Å². The van der Waals surface area contributed by atoms with Crippen LogP contribution in [-0.2, 0) is 9.84 Å². The van der Waals surface area contributed by atoms with Crippen molar-refractivity contribution in [3.63, 3.8) is 0 Å². The third kappa shape index (κ3) is 2.94. The van der Waals surface area contributed by atoms with Crippen LogP contribution >= 0.6 is 0 Å². The summed E-state index contributed by atoms with van der Waals surface area (Å²) in [5, 5.41) is 1.97. The fraction of sp³-hybridized carbons (Fsp3) is 0.462. The first-order valence-electron chi connectivity index (χ1n) is 6.16. The summed E-state index contributed by atoms with van der Waals surface area (Å²) in [7, 11) is -3.09. The van der Waals surface area contributed by atoms with E-state index in [1.54, 1.807) is 19.1 Å². The van der Waals surface area contributed by atoms with Gasteiger partial charge in [-0.1, -0.05) is 12.1 Å². The number of hydrogen-bond acceptors (Lipinski definition) is 3. The molecule has 1 aromatic rings. The number of carbonyl (C=O) groups excluding carboxylic acids is 1. The smallest absolute Gasteiger partial charge is 0.254 e. The third-order valence-electron chi connectivity index (χ3n) is 3.39. The Balaban J connectivity index is 2.04. The maximum atomic E-state index is 13.7. The predicted octanol–water partition coefficient (Wildman–Crippen LogP) is 1.44. The Hall–Kier alpha value is -1.43. The second-order valence-corrected chi connectivity index (χ2v) is 7.18. The van der Waals surface area contributed by atoms with E-state index in [1.165, 1.54) is 6.07 Å². The van der Waals surface area contributed by atoms with Crippen LogP contribution in [0.1, 0.15) is 28.8 Å². The van der Waals surface area contributed by atoms with Gasteiger partial charge in [0.1, 0.15) is 5.82 Å². The number of halogens is 1. The molecule has 2 rings (SSSR count). The minimum atomic E-state index is -3.09. The summed E-state index contributed by atoms with van der Waals surface area (Å²) in [4.78, 5) is 11.8. The Kier molecular flexibility index (Phi) is 3.89. The van der Waals surface area contributed by atoms with E-state index in [0.717, 1.165) is 0 Å². The number of amides is 1. The zero-order valence-corrected chi connectivity index (χ0v) is 11.5. The maximum absolute atomic E-state index is 13.7. The average Bonchev–Trinajstić information content (AvgIpc) is 2.69. The van der Waals surface area contributed by atoms with Crippen LogP contribution in [-0.4, -0.2) is 31.9 Å². The summed E-state index contributed by atoms with van der Waals surface area (Å²) in [5.74, 6) is -0.954. The first kappa shape index (κ1) is 14.0. The van der Waals surface area contributed by atoms with Gasteiger partial charge in [-0.25, -0.2) is 12.8 Å². The molecular weight excluding hydrogens is 269 g/mol. The molecule has 1 aliphatic rings. The fourth-order valence-corrected chi connectivity index (χ4v) is 3.98. The quantitative estimate of drug-likeness (QED) is 0.914. The Bertz CT molecular complexity index is 598. The Labute approximate surface area is 111 Å². The van der Waals surface area contributed by atoms with Crippen LogP contribution in [0.15, 0.2) is 18.2 Å². The van der Waals surface area contributed by atoms with Gasteiger partial charge in [-0.3, -0.25) is 4.79 Å². The number of hydrogen-bond donors (Lipinski definition) is 1. The predicted molar refractivity (Wildman–Crippen MR) is 70.3 cm³/mol. The molecule has 0 bridgehead atoms. The molecule has 0 aromatic heterocycles. The molecule has 0 saturated carbocycles. The first-order chi connectivity index (χ1) is 8.92. The minimum absolute atomic E-state index is 0.0459. The molecule has 19 heavy (non-hydrogen) atoms. The second kappa shape index (κ2) is 5.28. The lowest BCUT2D eigenvalue weighted by atomic mass is 10.1. The first-order valence-corrected chi connectivity index (χ1v) is 7.88. The highest BCUT2D eigenvalue weighted by Gasteiger charge is 2.31. The van der Waals surface area contributed by atoms with Crippen molar-refractivity contribution in [2.45, 2.75) is 25.0 Å². The molecular formula is C13H16FNO3S. The van der Waals surface area contributed by atoms with Crippen molar-refractivity contribution in [2.75, 3.05) is 12.3 Å². The van der Waals surface area contributed by atoms with Crippen LogP contribution in [0.25, 0.3) is 0 Å². The van der Waals surface area contributed by atoms with Crippen molar-refractivity contribution in [3.05, 3.63) is 35.1 Å². The number of rotatable bonds is 3. The summed E-state index contributed by atoms with van der Waals surface area (Å²) < 4.78 is 36.9. The van der Waals surface area contributed by atoms with E-state index < -0.39 is 26.8 Å². The lowest BCUT2D eigenvalue weighted by Gasteiger charge is -2.11. The van der Waals surface area contributed by atoms with Crippen molar-refractivity contribution in [1.82, 2.24) is 5.32 Å². The lowest BCUT2D eigenvalue weighted by molar-refractivity contribution is 0.0949. The van der Waals surface area contributed by atoms with E-state index in [0.29, 0.717) is 18.4 Å². The molecule has 1 atom stereocenters. The van der Waals surface area contributed by atoms with Gasteiger partial charge in [-0.2, -0.15) is 0 Å². The van der Waals surface area contributed by atoms with Crippen LogP contribution < -0.4 is 5.32 Å². The summed E-state index contributed by atoms with van der Waals surface area (Å²) in [5.41, 5.74) is 0.344. The Morgan fingerprint density at radius 3 is 2.84 bits per heavy atom. The molecule has 1 unspecified atom stereocenters. The van der Waals surface area contributed by atoms with Crippen LogP contribution in [0.4, 0.5) is 4.39 Å². The zero-order chi connectivity index (χ0) is 14.0. The van der Waals surface area contributed by atoms with Gasteiger partial charge in [-0.15, -0.1) is 0 Å². The van der Waals surface area contributed by atoms with Gasteiger partial charge in [0, 0.05) is 6.54 Å². The molecule has 0 aliphatic carbocycles. The van der Waals surface area contributed by atoms with E-state index in [1.807, 2.05) is 0 Å². The minimum Gasteiger partial charge on any atom is -0.351 e. The summed E-state index contributed by atoms with van der Waals surface area (Å²) >= 11 is 0. The molecule has 0 spiro atoms. The van der Waals surface area contributed by atoms with E-state index in [-0.39, 0.29) is 17.9 Å². The van der Waals surface area contributed by atoms with Gasteiger partial charge in [0.25, 0.3) is 5.91 Å². The Morgan fingerprint density at radius 1 is 1.47 bits per heavy atom. The van der Waals surface area contributed by atoms with E-state index >= 15 is 0 Å². The highest BCUT2D eigenvalue weighted by molar-refractivity contribution is 7.92. The van der Waals surface area contributed by atoms with Gasteiger partial charge < -0.3 is 5.32 Å². The molecule has 1 heterocycles. The molecule has 1 amide bonds. The van der Waals surface area contributed by atoms with Crippen molar-refractivity contribution in [1.29, 1.82) is 0 Å². The standard InChI is InChI=1S/C13H16FNO3S/c1-9-4-2-6-11(12(9)14)13(16)15-8-10-5-3-7-19(10,17)18/h2,4,6,10H,3,5,7-8H2,1H3,(H,15,16). The number of benzene rings is 1. The SMILES string of the molecule is Cc1cccc(C(=O)NCC2CCCS2(=O)=O)c1F. The molecule has 1 N–H and O–H groups in total. The van der Waals surface area contributed by atoms with Crippen LogP contribution in [0, 0.1) is 12.7 Å². The largest absolute Gasteiger partial charge is 0.351 e. The fourth-order valence-electron chi connectivity index (χ4n) is 2.21. The van der Waals surface area contributed by atoms with Crippen molar-refractivity contribution in [3.8, 4) is 0 Å². The van der Waals surface area contributed by atoms with Crippen molar-refractivity contribution < 1.29 is 17.6 Å². The molecule has 1 aliphatic heterocycles. The number of sulfone groups is 1. The van der Waals surface area contributed by atoms with Gasteiger partial charge in [0.15, 0.2) is 9.84 Å². The summed E-state index contributed by atoms with van der Waals surface area (Å²) in [6.45, 7) is 1.63. The van der Waals surface area contributed by atoms with Gasteiger partial charge in [-0.05, 0) is 31.4 Å². The average molecular weight is 285 g/mol. The summed E-state index contributed by atoms with van der Waals surface area (Å²) in [6, 6.07) is 4.56. The van der Waals surface area contributed by atoms with E-state index in [4.69, 9.17) is 0 Å². The highest BCUT2D eigenvalue weighted by Crippen LogP contribution is 2.19. The van der Waals surface area contributed by atoms with Gasteiger partial charge in [0.2, 0.25) is 0 Å². The molecule has 1 aromatic carbocycles. The monoisotopic (exact) mass is 285 g/mol. The molecule has 6 heteroatoms. The second-order valence-electron chi connectivity index (χ2n) is 4.78. The normalized spacial score (nSPS) is 21.3. The van der Waals surface area contributed by atoms with Crippen molar-refractivity contribution >= 4 is 15.7 Å².